The van der Waals surface area contributed by atoms with Crippen molar-refractivity contribution in [2.24, 2.45) is 0 Å². The predicted molar refractivity (Wildman–Crippen MR) is 118 cm³/mol. The molecule has 2 aliphatic rings. The van der Waals surface area contributed by atoms with Gasteiger partial charge in [0.15, 0.2) is 0 Å². The number of benzene rings is 1. The Morgan fingerprint density at radius 1 is 1.13 bits per heavy atom. The van der Waals surface area contributed by atoms with Crippen molar-refractivity contribution in [3.63, 3.8) is 0 Å². The Kier molecular flexibility index (Phi) is 6.19. The van der Waals surface area contributed by atoms with Crippen LogP contribution in [0.2, 0.25) is 0 Å². The summed E-state index contributed by atoms with van der Waals surface area (Å²) in [5.74, 6) is -0.431. The molecule has 1 aromatic carbocycles. The van der Waals surface area contributed by atoms with Gasteiger partial charge in [0.25, 0.3) is 0 Å². The maximum absolute atomic E-state index is 12.8. The zero-order valence-electron chi connectivity index (χ0n) is 19.9. The van der Waals surface area contributed by atoms with Gasteiger partial charge >= 0.3 is 19.2 Å². The summed E-state index contributed by atoms with van der Waals surface area (Å²) in [5, 5.41) is 0. The summed E-state index contributed by atoms with van der Waals surface area (Å²) in [6.45, 7) is 15.7. The van der Waals surface area contributed by atoms with Crippen LogP contribution in [0.4, 0.5) is 4.79 Å². The van der Waals surface area contributed by atoms with Crippen LogP contribution >= 0.6 is 0 Å². The number of rotatable bonds is 3. The van der Waals surface area contributed by atoms with Crippen LogP contribution in [0.25, 0.3) is 0 Å². The second-order valence-corrected chi connectivity index (χ2v) is 10.2. The molecule has 2 aliphatic heterocycles. The summed E-state index contributed by atoms with van der Waals surface area (Å²) in [7, 11) is -0.486. The SMILES string of the molecule is CCOC(=O)[C@@H]1Cc2cc(B3OC(C)(C)C(C)(C)O3)ccc2CN1C(=O)OC(C)(C)C. The van der Waals surface area contributed by atoms with Gasteiger partial charge in [-0.25, -0.2) is 9.59 Å². The molecule has 0 radical (unpaired) electrons. The van der Waals surface area contributed by atoms with E-state index in [1.54, 1.807) is 27.7 Å². The molecule has 3 rings (SSSR count). The van der Waals surface area contributed by atoms with E-state index in [0.717, 1.165) is 16.6 Å². The molecule has 8 heteroatoms. The Balaban J connectivity index is 1.89. The Morgan fingerprint density at radius 3 is 2.29 bits per heavy atom. The fraction of sp³-hybridized carbons (Fsp3) is 0.652. The first-order valence-electron chi connectivity index (χ1n) is 10.9. The molecule has 1 amide bonds. The van der Waals surface area contributed by atoms with Gasteiger partial charge < -0.3 is 18.8 Å². The van der Waals surface area contributed by atoms with Gasteiger partial charge in [-0.05, 0) is 72.0 Å². The first kappa shape index (κ1) is 23.6. The Bertz CT molecular complexity index is 844. The molecular formula is C23H34BNO6. The van der Waals surface area contributed by atoms with E-state index in [1.165, 1.54) is 4.90 Å². The summed E-state index contributed by atoms with van der Waals surface area (Å²) in [5.41, 5.74) is 1.31. The molecule has 1 fully saturated rings. The minimum atomic E-state index is -0.740. The lowest BCUT2D eigenvalue weighted by atomic mass is 9.76. The second kappa shape index (κ2) is 8.13. The molecule has 0 unspecified atom stereocenters. The van der Waals surface area contributed by atoms with E-state index < -0.39 is 42.0 Å². The Morgan fingerprint density at radius 2 is 1.74 bits per heavy atom. The van der Waals surface area contributed by atoms with E-state index in [0.29, 0.717) is 6.42 Å². The molecule has 7 nitrogen and oxygen atoms in total. The van der Waals surface area contributed by atoms with Crippen molar-refractivity contribution in [3.8, 4) is 0 Å². The highest BCUT2D eigenvalue weighted by Crippen LogP contribution is 2.37. The van der Waals surface area contributed by atoms with Crippen molar-refractivity contribution < 1.29 is 28.4 Å². The average molecular weight is 431 g/mol. The van der Waals surface area contributed by atoms with E-state index in [1.807, 2.05) is 45.9 Å². The van der Waals surface area contributed by atoms with Gasteiger partial charge in [-0.2, -0.15) is 0 Å². The van der Waals surface area contributed by atoms with Crippen LogP contribution in [-0.2, 0) is 36.5 Å². The van der Waals surface area contributed by atoms with Crippen LogP contribution in [0.3, 0.4) is 0 Å². The van der Waals surface area contributed by atoms with Gasteiger partial charge in [-0.1, -0.05) is 18.2 Å². The van der Waals surface area contributed by atoms with Crippen LogP contribution < -0.4 is 5.46 Å². The zero-order valence-corrected chi connectivity index (χ0v) is 19.9. The lowest BCUT2D eigenvalue weighted by molar-refractivity contribution is -0.150. The summed E-state index contributed by atoms with van der Waals surface area (Å²) in [6, 6.07) is 5.19. The quantitative estimate of drug-likeness (QED) is 0.541. The topological polar surface area (TPSA) is 74.3 Å². The number of amides is 1. The number of carbonyl (C=O) groups excluding carboxylic acids is 2. The molecule has 0 bridgehead atoms. The number of fused-ring (bicyclic) bond motifs is 1. The number of carbonyl (C=O) groups is 2. The van der Waals surface area contributed by atoms with Gasteiger partial charge in [-0.3, -0.25) is 4.90 Å². The first-order valence-corrected chi connectivity index (χ1v) is 10.9. The van der Waals surface area contributed by atoms with Crippen molar-refractivity contribution in [2.75, 3.05) is 6.61 Å². The summed E-state index contributed by atoms with van der Waals surface area (Å²) < 4.78 is 23.1. The lowest BCUT2D eigenvalue weighted by Gasteiger charge is -2.36. The second-order valence-electron chi connectivity index (χ2n) is 10.2. The van der Waals surface area contributed by atoms with Crippen molar-refractivity contribution in [1.29, 1.82) is 0 Å². The van der Waals surface area contributed by atoms with Crippen LogP contribution in [0.5, 0.6) is 0 Å². The van der Waals surface area contributed by atoms with Crippen LogP contribution in [0.1, 0.15) is 66.5 Å². The van der Waals surface area contributed by atoms with Gasteiger partial charge in [-0.15, -0.1) is 0 Å². The molecule has 31 heavy (non-hydrogen) atoms. The fourth-order valence-electron chi connectivity index (χ4n) is 3.69. The van der Waals surface area contributed by atoms with Crippen LogP contribution in [0.15, 0.2) is 18.2 Å². The molecule has 0 aromatic heterocycles. The van der Waals surface area contributed by atoms with Crippen molar-refractivity contribution in [1.82, 2.24) is 4.90 Å². The maximum atomic E-state index is 12.8. The maximum Gasteiger partial charge on any atom is 0.494 e. The lowest BCUT2D eigenvalue weighted by Crippen LogP contribution is -2.51. The highest BCUT2D eigenvalue weighted by Gasteiger charge is 2.52. The molecule has 170 valence electrons. The van der Waals surface area contributed by atoms with Crippen molar-refractivity contribution in [2.45, 2.75) is 91.2 Å². The Labute approximate surface area is 185 Å². The van der Waals surface area contributed by atoms with E-state index in [-0.39, 0.29) is 13.2 Å². The zero-order chi connectivity index (χ0) is 23.2. The molecule has 1 atom stereocenters. The Hall–Kier alpha value is -2.06. The molecule has 1 saturated heterocycles. The largest absolute Gasteiger partial charge is 0.494 e. The van der Waals surface area contributed by atoms with Gasteiger partial charge in [0.2, 0.25) is 0 Å². The minimum Gasteiger partial charge on any atom is -0.464 e. The highest BCUT2D eigenvalue weighted by molar-refractivity contribution is 6.62. The number of esters is 1. The molecule has 0 saturated carbocycles. The molecular weight excluding hydrogens is 397 g/mol. The fourth-order valence-corrected chi connectivity index (χ4v) is 3.69. The van der Waals surface area contributed by atoms with E-state index in [4.69, 9.17) is 18.8 Å². The highest BCUT2D eigenvalue weighted by atomic mass is 16.7. The van der Waals surface area contributed by atoms with Crippen molar-refractivity contribution in [3.05, 3.63) is 29.3 Å². The third kappa shape index (κ3) is 4.90. The standard InChI is InChI=1S/C23H34BNO6/c1-9-28-19(26)18-13-16-12-17(24-30-22(5,6)23(7,8)31-24)11-10-15(16)14-25(18)20(27)29-21(2,3)4/h10-12,18H,9,13-14H2,1-8H3/t18-/m0/s1. The smallest absolute Gasteiger partial charge is 0.464 e. The number of hydrogen-bond acceptors (Lipinski definition) is 6. The van der Waals surface area contributed by atoms with E-state index in [2.05, 4.69) is 0 Å². The van der Waals surface area contributed by atoms with Gasteiger partial charge in [0, 0.05) is 6.42 Å². The monoisotopic (exact) mass is 431 g/mol. The third-order valence-electron chi connectivity index (χ3n) is 6.07. The number of nitrogens with zero attached hydrogens (tertiary/aromatic N) is 1. The summed E-state index contributed by atoms with van der Waals surface area (Å²) in [4.78, 5) is 27.0. The van der Waals surface area contributed by atoms with Gasteiger partial charge in [0.05, 0.1) is 24.4 Å². The van der Waals surface area contributed by atoms with E-state index >= 15 is 0 Å². The first-order chi connectivity index (χ1) is 14.2. The average Bonchev–Trinajstić information content (AvgIpc) is 2.86. The van der Waals surface area contributed by atoms with Crippen molar-refractivity contribution >= 4 is 24.6 Å². The normalized spacial score (nSPS) is 22.1. The third-order valence-corrected chi connectivity index (χ3v) is 6.07. The molecule has 0 spiro atoms. The number of ether oxygens (including phenoxy) is 2. The molecule has 1 aromatic rings. The minimum absolute atomic E-state index is 0.248. The summed E-state index contributed by atoms with van der Waals surface area (Å²) in [6.07, 6.45) is -0.174. The van der Waals surface area contributed by atoms with Crippen LogP contribution in [0, 0.1) is 0 Å². The number of hydrogen-bond donors (Lipinski definition) is 0. The van der Waals surface area contributed by atoms with Gasteiger partial charge in [0.1, 0.15) is 11.6 Å². The summed E-state index contributed by atoms with van der Waals surface area (Å²) >= 11 is 0. The molecule has 2 heterocycles. The molecule has 0 aliphatic carbocycles. The predicted octanol–water partition coefficient (Wildman–Crippen LogP) is 3.21. The molecule has 0 N–H and O–H groups in total. The van der Waals surface area contributed by atoms with Crippen LogP contribution in [-0.4, -0.2) is 53.5 Å². The van der Waals surface area contributed by atoms with E-state index in [9.17, 15) is 9.59 Å².